The highest BCUT2D eigenvalue weighted by molar-refractivity contribution is 5.95. The fourth-order valence-corrected chi connectivity index (χ4v) is 2.97. The molecule has 7 nitrogen and oxygen atoms in total. The van der Waals surface area contributed by atoms with E-state index >= 15 is 0 Å². The highest BCUT2D eigenvalue weighted by Gasteiger charge is 2.17. The second-order valence-corrected chi connectivity index (χ2v) is 6.74. The lowest BCUT2D eigenvalue weighted by molar-refractivity contribution is 0.0942. The zero-order valence-electron chi connectivity index (χ0n) is 16.8. The van der Waals surface area contributed by atoms with E-state index in [0.29, 0.717) is 18.1 Å². The normalized spacial score (nSPS) is 11.7. The van der Waals surface area contributed by atoms with Gasteiger partial charge >= 0.3 is 0 Å². The Kier molecular flexibility index (Phi) is 6.76. The standard InChI is InChI=1S/C22H25N5O2/c1-27(2)20(16-7-5-10-19(14-16)29-3)15-25-21(28)17-8-4-9-18(13-17)26-22-23-11-6-12-24-22/h4-14,20H,15H2,1-3H3,(H,25,28)(H,23,24,26). The second kappa shape index (κ2) is 9.66. The van der Waals surface area contributed by atoms with Gasteiger partial charge < -0.3 is 20.3 Å². The van der Waals surface area contributed by atoms with Gasteiger partial charge in [0.05, 0.1) is 13.2 Å². The number of rotatable bonds is 8. The summed E-state index contributed by atoms with van der Waals surface area (Å²) in [6.07, 6.45) is 3.32. The second-order valence-electron chi connectivity index (χ2n) is 6.74. The van der Waals surface area contributed by atoms with Gasteiger partial charge in [0.1, 0.15) is 5.75 Å². The molecule has 3 aromatic rings. The summed E-state index contributed by atoms with van der Waals surface area (Å²) < 4.78 is 5.32. The molecule has 3 rings (SSSR count). The topological polar surface area (TPSA) is 79.4 Å². The van der Waals surface area contributed by atoms with Crippen molar-refractivity contribution in [2.45, 2.75) is 6.04 Å². The lowest BCUT2D eigenvalue weighted by Gasteiger charge is -2.25. The smallest absolute Gasteiger partial charge is 0.251 e. The molecule has 1 heterocycles. The maximum absolute atomic E-state index is 12.7. The van der Waals surface area contributed by atoms with Gasteiger partial charge in [-0.25, -0.2) is 9.97 Å². The number of benzene rings is 2. The molecule has 0 fully saturated rings. The number of amides is 1. The van der Waals surface area contributed by atoms with E-state index in [1.807, 2.05) is 50.5 Å². The summed E-state index contributed by atoms with van der Waals surface area (Å²) in [5.74, 6) is 1.13. The van der Waals surface area contributed by atoms with Gasteiger partial charge in [-0.15, -0.1) is 0 Å². The highest BCUT2D eigenvalue weighted by Crippen LogP contribution is 2.22. The highest BCUT2D eigenvalue weighted by atomic mass is 16.5. The number of hydrogen-bond donors (Lipinski definition) is 2. The van der Waals surface area contributed by atoms with Crippen molar-refractivity contribution in [3.8, 4) is 5.75 Å². The third-order valence-corrected chi connectivity index (χ3v) is 4.50. The van der Waals surface area contributed by atoms with Gasteiger partial charge in [0, 0.05) is 30.2 Å². The predicted octanol–water partition coefficient (Wildman–Crippen LogP) is 3.26. The Hall–Kier alpha value is -3.45. The van der Waals surface area contributed by atoms with E-state index in [-0.39, 0.29) is 11.9 Å². The number of methoxy groups -OCH3 is 1. The predicted molar refractivity (Wildman–Crippen MR) is 114 cm³/mol. The van der Waals surface area contributed by atoms with Crippen LogP contribution in [0.25, 0.3) is 0 Å². The van der Waals surface area contributed by atoms with Crippen LogP contribution in [0.1, 0.15) is 22.0 Å². The first-order valence-electron chi connectivity index (χ1n) is 9.29. The number of ether oxygens (including phenoxy) is 1. The monoisotopic (exact) mass is 391 g/mol. The number of aromatic nitrogens is 2. The number of nitrogens with zero attached hydrogens (tertiary/aromatic N) is 3. The first kappa shape index (κ1) is 20.3. The Bertz CT molecular complexity index is 947. The van der Waals surface area contributed by atoms with E-state index in [2.05, 4.69) is 25.5 Å². The minimum absolute atomic E-state index is 0.0214. The van der Waals surface area contributed by atoms with Crippen LogP contribution < -0.4 is 15.4 Å². The van der Waals surface area contributed by atoms with E-state index in [0.717, 1.165) is 17.0 Å². The summed E-state index contributed by atoms with van der Waals surface area (Å²) in [5, 5.41) is 6.12. The lowest BCUT2D eigenvalue weighted by Crippen LogP contribution is -2.34. The van der Waals surface area contributed by atoms with Crippen LogP contribution in [0, 0.1) is 0 Å². The van der Waals surface area contributed by atoms with Crippen molar-refractivity contribution < 1.29 is 9.53 Å². The Balaban J connectivity index is 1.68. The van der Waals surface area contributed by atoms with Crippen LogP contribution in [0.4, 0.5) is 11.6 Å². The minimum atomic E-state index is -0.141. The molecule has 1 unspecified atom stereocenters. The first-order chi connectivity index (χ1) is 14.1. The molecule has 0 radical (unpaired) electrons. The summed E-state index contributed by atoms with van der Waals surface area (Å²) in [5.41, 5.74) is 2.39. The number of hydrogen-bond acceptors (Lipinski definition) is 6. The van der Waals surface area contributed by atoms with Crippen LogP contribution in [0.15, 0.2) is 67.0 Å². The summed E-state index contributed by atoms with van der Waals surface area (Å²) >= 11 is 0. The molecule has 0 aliphatic heterocycles. The lowest BCUT2D eigenvalue weighted by atomic mass is 10.1. The van der Waals surface area contributed by atoms with Crippen LogP contribution in [0.2, 0.25) is 0 Å². The zero-order valence-corrected chi connectivity index (χ0v) is 16.8. The molecule has 1 amide bonds. The maximum Gasteiger partial charge on any atom is 0.251 e. The molecule has 2 aromatic carbocycles. The molecule has 1 aromatic heterocycles. The average Bonchev–Trinajstić information content (AvgIpc) is 2.74. The summed E-state index contributed by atoms with van der Waals surface area (Å²) in [6, 6.07) is 16.9. The van der Waals surface area contributed by atoms with E-state index < -0.39 is 0 Å². The Morgan fingerprint density at radius 3 is 2.55 bits per heavy atom. The van der Waals surface area contributed by atoms with Crippen LogP contribution in [0.5, 0.6) is 5.75 Å². The van der Waals surface area contributed by atoms with Gasteiger partial charge in [-0.1, -0.05) is 18.2 Å². The van der Waals surface area contributed by atoms with Crippen molar-refractivity contribution in [3.63, 3.8) is 0 Å². The Morgan fingerprint density at radius 2 is 1.83 bits per heavy atom. The van der Waals surface area contributed by atoms with Gasteiger partial charge in [-0.3, -0.25) is 4.79 Å². The fraction of sp³-hybridized carbons (Fsp3) is 0.227. The molecular formula is C22H25N5O2. The molecule has 2 N–H and O–H groups in total. The fourth-order valence-electron chi connectivity index (χ4n) is 2.97. The number of anilines is 2. The van der Waals surface area contributed by atoms with Crippen molar-refractivity contribution in [3.05, 3.63) is 78.1 Å². The zero-order chi connectivity index (χ0) is 20.6. The molecule has 0 spiro atoms. The molecular weight excluding hydrogens is 366 g/mol. The number of carbonyl (C=O) groups is 1. The largest absolute Gasteiger partial charge is 0.497 e. The number of likely N-dealkylation sites (N-methyl/N-ethyl adjacent to an activating group) is 1. The van der Waals surface area contributed by atoms with Gasteiger partial charge in [0.15, 0.2) is 0 Å². The molecule has 0 saturated heterocycles. The van der Waals surface area contributed by atoms with Crippen LogP contribution in [-0.2, 0) is 0 Å². The van der Waals surface area contributed by atoms with Crippen molar-refractivity contribution in [1.29, 1.82) is 0 Å². The molecule has 0 saturated carbocycles. The molecule has 7 heteroatoms. The number of carbonyl (C=O) groups excluding carboxylic acids is 1. The van der Waals surface area contributed by atoms with Crippen LogP contribution in [-0.4, -0.2) is 48.5 Å². The van der Waals surface area contributed by atoms with Crippen molar-refractivity contribution in [2.75, 3.05) is 33.1 Å². The number of nitrogens with one attached hydrogen (secondary N) is 2. The van der Waals surface area contributed by atoms with Gasteiger partial charge in [-0.05, 0) is 56.1 Å². The Labute approximate surface area is 170 Å². The molecule has 29 heavy (non-hydrogen) atoms. The third-order valence-electron chi connectivity index (χ3n) is 4.50. The van der Waals surface area contributed by atoms with Crippen molar-refractivity contribution in [2.24, 2.45) is 0 Å². The quantitative estimate of drug-likeness (QED) is 0.614. The minimum Gasteiger partial charge on any atom is -0.497 e. The Morgan fingerprint density at radius 1 is 1.07 bits per heavy atom. The SMILES string of the molecule is COc1cccc(C(CNC(=O)c2cccc(Nc3ncccn3)c2)N(C)C)c1. The van der Waals surface area contributed by atoms with Crippen molar-refractivity contribution in [1.82, 2.24) is 20.2 Å². The summed E-state index contributed by atoms with van der Waals surface area (Å²) in [7, 11) is 5.62. The molecule has 0 aliphatic rings. The van der Waals surface area contributed by atoms with Crippen LogP contribution in [0.3, 0.4) is 0 Å². The van der Waals surface area contributed by atoms with E-state index in [1.165, 1.54) is 0 Å². The van der Waals surface area contributed by atoms with E-state index in [1.54, 1.807) is 37.7 Å². The third kappa shape index (κ3) is 5.52. The van der Waals surface area contributed by atoms with Gasteiger partial charge in [0.2, 0.25) is 5.95 Å². The first-order valence-corrected chi connectivity index (χ1v) is 9.29. The molecule has 0 aliphatic carbocycles. The molecule has 1 atom stereocenters. The van der Waals surface area contributed by atoms with Crippen LogP contribution >= 0.6 is 0 Å². The van der Waals surface area contributed by atoms with Crippen molar-refractivity contribution >= 4 is 17.5 Å². The summed E-state index contributed by atoms with van der Waals surface area (Å²) in [6.45, 7) is 0.471. The van der Waals surface area contributed by atoms with E-state index in [4.69, 9.17) is 4.74 Å². The van der Waals surface area contributed by atoms with E-state index in [9.17, 15) is 4.79 Å². The average molecular weight is 391 g/mol. The molecule has 0 bridgehead atoms. The van der Waals surface area contributed by atoms with Gasteiger partial charge in [-0.2, -0.15) is 0 Å². The van der Waals surface area contributed by atoms with Gasteiger partial charge in [0.25, 0.3) is 5.91 Å². The molecule has 150 valence electrons. The maximum atomic E-state index is 12.7. The summed E-state index contributed by atoms with van der Waals surface area (Å²) in [4.78, 5) is 23.1.